The van der Waals surface area contributed by atoms with Gasteiger partial charge in [-0.15, -0.1) is 11.3 Å². The number of thiophene rings is 1. The maximum absolute atomic E-state index is 11.5. The molecular formula is C16H21N3OS. The van der Waals surface area contributed by atoms with Crippen molar-refractivity contribution in [1.29, 1.82) is 0 Å². The van der Waals surface area contributed by atoms with Gasteiger partial charge >= 0.3 is 0 Å². The summed E-state index contributed by atoms with van der Waals surface area (Å²) < 4.78 is 0. The minimum absolute atomic E-state index is 0.224. The third-order valence-corrected chi connectivity index (χ3v) is 5.25. The Hall–Kier alpha value is -1.35. The predicted octanol–water partition coefficient (Wildman–Crippen LogP) is 1.16. The predicted molar refractivity (Wildman–Crippen MR) is 84.8 cm³/mol. The summed E-state index contributed by atoms with van der Waals surface area (Å²) >= 11 is 1.77. The van der Waals surface area contributed by atoms with Crippen LogP contribution in [0.2, 0.25) is 0 Å². The zero-order valence-electron chi connectivity index (χ0n) is 12.1. The number of carbonyl (C=O) groups excluding carboxylic acids is 1. The highest BCUT2D eigenvalue weighted by Gasteiger charge is 2.33. The minimum Gasteiger partial charge on any atom is -0.353 e. The average Bonchev–Trinajstić information content (AvgIpc) is 2.92. The molecule has 3 heterocycles. The zero-order chi connectivity index (χ0) is 14.7. The molecular weight excluding hydrogens is 282 g/mol. The number of nitrogens with two attached hydrogens (primary N) is 1. The highest BCUT2D eigenvalue weighted by atomic mass is 32.1. The van der Waals surface area contributed by atoms with Gasteiger partial charge in [0.15, 0.2) is 0 Å². The molecule has 2 atom stereocenters. The fourth-order valence-corrected chi connectivity index (χ4v) is 4.12. The highest BCUT2D eigenvalue weighted by Crippen LogP contribution is 2.27. The quantitative estimate of drug-likeness (QED) is 0.806. The number of nitrogens with one attached hydrogen (secondary N) is 1. The van der Waals surface area contributed by atoms with E-state index in [1.54, 1.807) is 11.3 Å². The molecule has 2 unspecified atom stereocenters. The van der Waals surface area contributed by atoms with E-state index in [-0.39, 0.29) is 5.91 Å². The number of piperidine rings is 2. The number of amides is 1. The first-order chi connectivity index (χ1) is 10.3. The molecule has 0 radical (unpaired) electrons. The summed E-state index contributed by atoms with van der Waals surface area (Å²) in [5.74, 6) is 6.92. The van der Waals surface area contributed by atoms with Crippen LogP contribution in [0.3, 0.4) is 0 Å². The number of fused-ring (bicyclic) bond motifs is 1. The van der Waals surface area contributed by atoms with Crippen LogP contribution in [0.5, 0.6) is 0 Å². The Morgan fingerprint density at radius 2 is 2.38 bits per heavy atom. The van der Waals surface area contributed by atoms with Gasteiger partial charge in [-0.05, 0) is 30.2 Å². The molecule has 3 N–H and O–H groups in total. The minimum atomic E-state index is 0.224. The molecule has 3 rings (SSSR count). The summed E-state index contributed by atoms with van der Waals surface area (Å²) in [6, 6.07) is 2.47. The maximum Gasteiger partial charge on any atom is 0.220 e. The molecule has 1 aromatic rings. The van der Waals surface area contributed by atoms with Crippen molar-refractivity contribution in [3.05, 3.63) is 21.9 Å². The number of nitrogens with zero attached hydrogens (tertiary/aromatic N) is 1. The number of hydrogen-bond acceptors (Lipinski definition) is 4. The molecule has 21 heavy (non-hydrogen) atoms. The second-order valence-corrected chi connectivity index (χ2v) is 6.76. The first-order valence-corrected chi connectivity index (χ1v) is 8.41. The van der Waals surface area contributed by atoms with Gasteiger partial charge in [-0.2, -0.15) is 0 Å². The highest BCUT2D eigenvalue weighted by molar-refractivity contribution is 7.10. The van der Waals surface area contributed by atoms with Crippen LogP contribution in [0.25, 0.3) is 0 Å². The van der Waals surface area contributed by atoms with Crippen molar-refractivity contribution in [3.63, 3.8) is 0 Å². The third kappa shape index (κ3) is 3.46. The van der Waals surface area contributed by atoms with E-state index in [2.05, 4.69) is 33.5 Å². The Morgan fingerprint density at radius 3 is 3.24 bits per heavy atom. The summed E-state index contributed by atoms with van der Waals surface area (Å²) in [4.78, 5) is 15.3. The molecule has 0 saturated carbocycles. The van der Waals surface area contributed by atoms with Crippen molar-refractivity contribution in [1.82, 2.24) is 10.2 Å². The smallest absolute Gasteiger partial charge is 0.220 e. The second-order valence-electron chi connectivity index (χ2n) is 5.76. The van der Waals surface area contributed by atoms with Gasteiger partial charge in [-0.3, -0.25) is 9.69 Å². The van der Waals surface area contributed by atoms with Crippen LogP contribution in [0.4, 0.5) is 0 Å². The Morgan fingerprint density at radius 1 is 1.48 bits per heavy atom. The van der Waals surface area contributed by atoms with Gasteiger partial charge in [0, 0.05) is 42.5 Å². The van der Waals surface area contributed by atoms with Gasteiger partial charge in [-0.1, -0.05) is 11.8 Å². The van der Waals surface area contributed by atoms with Gasteiger partial charge in [0.05, 0.1) is 6.54 Å². The molecule has 5 heteroatoms. The van der Waals surface area contributed by atoms with E-state index in [0.29, 0.717) is 24.9 Å². The normalized spacial score (nSPS) is 25.7. The van der Waals surface area contributed by atoms with E-state index in [4.69, 9.17) is 5.73 Å². The van der Waals surface area contributed by atoms with Gasteiger partial charge in [0.25, 0.3) is 0 Å². The van der Waals surface area contributed by atoms with E-state index in [1.807, 2.05) is 0 Å². The summed E-state index contributed by atoms with van der Waals surface area (Å²) in [5, 5.41) is 5.24. The van der Waals surface area contributed by atoms with Crippen LogP contribution in [0, 0.1) is 17.8 Å². The Balaban J connectivity index is 1.62. The van der Waals surface area contributed by atoms with Crippen molar-refractivity contribution >= 4 is 17.2 Å². The van der Waals surface area contributed by atoms with E-state index in [0.717, 1.165) is 38.0 Å². The summed E-state index contributed by atoms with van der Waals surface area (Å²) in [6.45, 7) is 3.49. The SMILES string of the molecule is NCC#Cc1ccsc1CN1CCC2NC(=O)CCC2C1. The molecule has 2 aliphatic heterocycles. The average molecular weight is 303 g/mol. The molecule has 2 saturated heterocycles. The summed E-state index contributed by atoms with van der Waals surface area (Å²) in [5.41, 5.74) is 6.56. The first-order valence-electron chi connectivity index (χ1n) is 7.53. The van der Waals surface area contributed by atoms with Gasteiger partial charge in [0.2, 0.25) is 5.91 Å². The lowest BCUT2D eigenvalue weighted by Crippen LogP contribution is -2.53. The Bertz CT molecular complexity index is 572. The molecule has 112 valence electrons. The number of hydrogen-bond donors (Lipinski definition) is 2. The standard InChI is InChI=1S/C16H21N3OS/c17-7-1-2-12-6-9-21-15(12)11-19-8-5-14-13(10-19)3-4-16(20)18-14/h6,9,13-14H,3-5,7-8,10-11,17H2,(H,18,20). The lowest BCUT2D eigenvalue weighted by molar-refractivity contribution is -0.125. The molecule has 2 aliphatic rings. The van der Waals surface area contributed by atoms with Crippen LogP contribution in [0.1, 0.15) is 29.7 Å². The second kappa shape index (κ2) is 6.61. The lowest BCUT2D eigenvalue weighted by atomic mass is 9.85. The first kappa shape index (κ1) is 14.6. The summed E-state index contributed by atoms with van der Waals surface area (Å²) in [7, 11) is 0. The monoisotopic (exact) mass is 303 g/mol. The van der Waals surface area contributed by atoms with Crippen molar-refractivity contribution in [2.24, 2.45) is 11.7 Å². The topological polar surface area (TPSA) is 58.4 Å². The molecule has 1 aromatic heterocycles. The van der Waals surface area contributed by atoms with Crippen molar-refractivity contribution < 1.29 is 4.79 Å². The number of likely N-dealkylation sites (tertiary alicyclic amines) is 1. The molecule has 1 amide bonds. The Kier molecular flexibility index (Phi) is 4.59. The van der Waals surface area contributed by atoms with Crippen LogP contribution in [-0.2, 0) is 11.3 Å². The molecule has 0 bridgehead atoms. The van der Waals surface area contributed by atoms with Gasteiger partial charge in [0.1, 0.15) is 0 Å². The summed E-state index contributed by atoms with van der Waals surface area (Å²) in [6.07, 6.45) is 2.77. The van der Waals surface area contributed by atoms with Crippen molar-refractivity contribution in [2.45, 2.75) is 31.8 Å². The van der Waals surface area contributed by atoms with E-state index < -0.39 is 0 Å². The van der Waals surface area contributed by atoms with Crippen LogP contribution in [0.15, 0.2) is 11.4 Å². The van der Waals surface area contributed by atoms with E-state index >= 15 is 0 Å². The molecule has 4 nitrogen and oxygen atoms in total. The van der Waals surface area contributed by atoms with E-state index in [1.165, 1.54) is 4.88 Å². The van der Waals surface area contributed by atoms with Crippen molar-refractivity contribution in [3.8, 4) is 11.8 Å². The van der Waals surface area contributed by atoms with Gasteiger partial charge < -0.3 is 11.1 Å². The molecule has 2 fully saturated rings. The van der Waals surface area contributed by atoms with Crippen LogP contribution in [-0.4, -0.2) is 36.5 Å². The number of carbonyl (C=O) groups is 1. The van der Waals surface area contributed by atoms with Crippen LogP contribution < -0.4 is 11.1 Å². The van der Waals surface area contributed by atoms with E-state index in [9.17, 15) is 4.79 Å². The lowest BCUT2D eigenvalue weighted by Gasteiger charge is -2.41. The third-order valence-electron chi connectivity index (χ3n) is 4.34. The largest absolute Gasteiger partial charge is 0.353 e. The molecule has 0 aliphatic carbocycles. The molecule has 0 aromatic carbocycles. The number of rotatable bonds is 2. The zero-order valence-corrected chi connectivity index (χ0v) is 12.9. The van der Waals surface area contributed by atoms with Crippen LogP contribution >= 0.6 is 11.3 Å². The fourth-order valence-electron chi connectivity index (χ4n) is 3.25. The fraction of sp³-hybridized carbons (Fsp3) is 0.562. The Labute approximate surface area is 129 Å². The van der Waals surface area contributed by atoms with Crippen molar-refractivity contribution in [2.75, 3.05) is 19.6 Å². The van der Waals surface area contributed by atoms with Gasteiger partial charge in [-0.25, -0.2) is 0 Å². The maximum atomic E-state index is 11.5. The molecule has 0 spiro atoms.